The Hall–Kier alpha value is -1.95. The molecule has 1 atom stereocenters. The quantitative estimate of drug-likeness (QED) is 0.613. The Morgan fingerprint density at radius 2 is 2.00 bits per heavy atom. The van der Waals surface area contributed by atoms with Crippen LogP contribution >= 0.6 is 11.3 Å². The fourth-order valence-electron chi connectivity index (χ4n) is 3.06. The largest absolute Gasteiger partial charge is 0.495 e. The van der Waals surface area contributed by atoms with Gasteiger partial charge in [-0.2, -0.15) is 4.31 Å². The standard InChI is InChI=1S/C18H25N3O6S2/c1-20(29(4,23)24)11-15(22)21(10-12-6-5-9-27-12)18-19-16-13(25-2)7-8-14(26-3)17(16)28-18/h7-8,12H,5-6,9-11H2,1-4H3. The molecule has 0 N–H and O–H groups in total. The molecule has 160 valence electrons. The summed E-state index contributed by atoms with van der Waals surface area (Å²) in [5.74, 6) is 0.828. The number of amides is 1. The Morgan fingerprint density at radius 3 is 2.59 bits per heavy atom. The number of likely N-dealkylation sites (N-methyl/N-ethyl adjacent to an activating group) is 1. The average Bonchev–Trinajstić information content (AvgIpc) is 3.33. The number of sulfonamides is 1. The van der Waals surface area contributed by atoms with Gasteiger partial charge in [-0.15, -0.1) is 0 Å². The van der Waals surface area contributed by atoms with Crippen LogP contribution in [0.4, 0.5) is 5.13 Å². The maximum atomic E-state index is 13.0. The topological polar surface area (TPSA) is 98.3 Å². The molecule has 1 aromatic carbocycles. The average molecular weight is 444 g/mol. The number of hydrogen-bond acceptors (Lipinski definition) is 8. The molecular weight excluding hydrogens is 418 g/mol. The summed E-state index contributed by atoms with van der Waals surface area (Å²) in [6, 6.07) is 3.54. The summed E-state index contributed by atoms with van der Waals surface area (Å²) in [6.45, 7) is 0.675. The van der Waals surface area contributed by atoms with Crippen molar-refractivity contribution < 1.29 is 27.4 Å². The number of fused-ring (bicyclic) bond motifs is 1. The van der Waals surface area contributed by atoms with Crippen LogP contribution in [-0.4, -0.2) is 76.9 Å². The van der Waals surface area contributed by atoms with Crippen molar-refractivity contribution in [1.29, 1.82) is 0 Å². The van der Waals surface area contributed by atoms with Crippen molar-refractivity contribution in [2.24, 2.45) is 0 Å². The summed E-state index contributed by atoms with van der Waals surface area (Å²) in [7, 11) is 1.01. The summed E-state index contributed by atoms with van der Waals surface area (Å²) in [6.07, 6.45) is 2.72. The minimum absolute atomic E-state index is 0.113. The fourth-order valence-corrected chi connectivity index (χ4v) is 4.51. The number of carbonyl (C=O) groups is 1. The number of carbonyl (C=O) groups excluding carboxylic acids is 1. The molecule has 3 rings (SSSR count). The number of aromatic nitrogens is 1. The summed E-state index contributed by atoms with van der Waals surface area (Å²) >= 11 is 1.30. The lowest BCUT2D eigenvalue weighted by Gasteiger charge is -2.25. The van der Waals surface area contributed by atoms with Crippen molar-refractivity contribution in [3.63, 3.8) is 0 Å². The van der Waals surface area contributed by atoms with Gasteiger partial charge in [-0.05, 0) is 25.0 Å². The van der Waals surface area contributed by atoms with Crippen LogP contribution in [0.3, 0.4) is 0 Å². The second-order valence-electron chi connectivity index (χ2n) is 6.80. The molecule has 1 fully saturated rings. The highest BCUT2D eigenvalue weighted by atomic mass is 32.2. The predicted molar refractivity (Wildman–Crippen MR) is 112 cm³/mol. The molecule has 0 spiro atoms. The van der Waals surface area contributed by atoms with Crippen molar-refractivity contribution in [2.75, 3.05) is 52.1 Å². The summed E-state index contributed by atoms with van der Waals surface area (Å²) < 4.78 is 41.8. The van der Waals surface area contributed by atoms with Crippen molar-refractivity contribution in [3.05, 3.63) is 12.1 Å². The Bertz CT molecular complexity index is 944. The summed E-state index contributed by atoms with van der Waals surface area (Å²) in [5, 5.41) is 0.449. The molecule has 0 bridgehead atoms. The maximum absolute atomic E-state index is 13.0. The van der Waals surface area contributed by atoms with E-state index in [0.717, 1.165) is 28.1 Å². The number of anilines is 1. The minimum atomic E-state index is -3.49. The lowest BCUT2D eigenvalue weighted by molar-refractivity contribution is -0.119. The third-order valence-corrected chi connectivity index (χ3v) is 7.12. The second kappa shape index (κ2) is 8.82. The first-order valence-electron chi connectivity index (χ1n) is 9.09. The molecule has 1 unspecified atom stereocenters. The van der Waals surface area contributed by atoms with Gasteiger partial charge in [-0.1, -0.05) is 11.3 Å². The van der Waals surface area contributed by atoms with Crippen LogP contribution in [0.15, 0.2) is 12.1 Å². The van der Waals surface area contributed by atoms with Gasteiger partial charge in [-0.3, -0.25) is 9.69 Å². The second-order valence-corrected chi connectivity index (χ2v) is 9.87. The van der Waals surface area contributed by atoms with Crippen LogP contribution < -0.4 is 14.4 Å². The zero-order chi connectivity index (χ0) is 21.2. The maximum Gasteiger partial charge on any atom is 0.244 e. The molecule has 2 heterocycles. The van der Waals surface area contributed by atoms with E-state index in [9.17, 15) is 13.2 Å². The highest BCUT2D eigenvalue weighted by Gasteiger charge is 2.29. The van der Waals surface area contributed by atoms with Gasteiger partial charge in [0.2, 0.25) is 15.9 Å². The van der Waals surface area contributed by atoms with Crippen LogP contribution in [0.2, 0.25) is 0 Å². The third-order valence-electron chi connectivity index (χ3n) is 4.77. The van der Waals surface area contributed by atoms with Gasteiger partial charge in [0.05, 0.1) is 39.7 Å². The number of nitrogens with zero attached hydrogens (tertiary/aromatic N) is 3. The summed E-state index contributed by atoms with van der Waals surface area (Å²) in [4.78, 5) is 19.2. The molecule has 0 radical (unpaired) electrons. The smallest absolute Gasteiger partial charge is 0.244 e. The van der Waals surface area contributed by atoms with Crippen LogP contribution in [0.5, 0.6) is 11.5 Å². The molecule has 0 saturated carbocycles. The number of benzene rings is 1. The van der Waals surface area contributed by atoms with Crippen LogP contribution in [0.1, 0.15) is 12.8 Å². The lowest BCUT2D eigenvalue weighted by Crippen LogP contribution is -2.44. The van der Waals surface area contributed by atoms with Gasteiger partial charge in [0.25, 0.3) is 0 Å². The van der Waals surface area contributed by atoms with E-state index in [-0.39, 0.29) is 18.6 Å². The Kier molecular flexibility index (Phi) is 6.62. The molecule has 1 aliphatic heterocycles. The van der Waals surface area contributed by atoms with Crippen LogP contribution in [-0.2, 0) is 19.6 Å². The third kappa shape index (κ3) is 4.80. The molecule has 9 nitrogen and oxygen atoms in total. The molecule has 2 aromatic rings. The number of ether oxygens (including phenoxy) is 3. The van der Waals surface area contributed by atoms with Crippen LogP contribution in [0, 0.1) is 0 Å². The zero-order valence-electron chi connectivity index (χ0n) is 16.9. The van der Waals surface area contributed by atoms with Crippen molar-refractivity contribution in [2.45, 2.75) is 18.9 Å². The lowest BCUT2D eigenvalue weighted by atomic mass is 10.2. The molecule has 1 saturated heterocycles. The van der Waals surface area contributed by atoms with Crippen molar-refractivity contribution >= 4 is 42.6 Å². The molecule has 1 amide bonds. The predicted octanol–water partition coefficient (Wildman–Crippen LogP) is 1.72. The first-order chi connectivity index (χ1) is 13.7. The zero-order valence-corrected chi connectivity index (χ0v) is 18.5. The molecule has 0 aliphatic carbocycles. The van der Waals surface area contributed by atoms with E-state index in [1.165, 1.54) is 23.3 Å². The molecule has 1 aromatic heterocycles. The van der Waals surface area contributed by atoms with E-state index in [2.05, 4.69) is 4.98 Å². The first-order valence-corrected chi connectivity index (χ1v) is 11.8. The highest BCUT2D eigenvalue weighted by molar-refractivity contribution is 7.88. The van der Waals surface area contributed by atoms with E-state index in [4.69, 9.17) is 14.2 Å². The van der Waals surface area contributed by atoms with Crippen molar-refractivity contribution in [1.82, 2.24) is 9.29 Å². The molecule has 1 aliphatic rings. The SMILES string of the molecule is COc1ccc(OC)c2sc(N(CC3CCCO3)C(=O)CN(C)S(C)(=O)=O)nc12. The van der Waals surface area contributed by atoms with E-state index in [1.807, 2.05) is 0 Å². The van der Waals surface area contributed by atoms with Crippen molar-refractivity contribution in [3.8, 4) is 11.5 Å². The van der Waals surface area contributed by atoms with E-state index >= 15 is 0 Å². The number of rotatable bonds is 8. The van der Waals surface area contributed by atoms with E-state index < -0.39 is 10.0 Å². The van der Waals surface area contributed by atoms with Gasteiger partial charge >= 0.3 is 0 Å². The number of thiazole rings is 1. The first kappa shape index (κ1) is 21.8. The normalized spacial score (nSPS) is 17.1. The van der Waals surface area contributed by atoms with Gasteiger partial charge < -0.3 is 14.2 Å². The van der Waals surface area contributed by atoms with Gasteiger partial charge in [0.1, 0.15) is 21.7 Å². The van der Waals surface area contributed by atoms with E-state index in [0.29, 0.717) is 35.3 Å². The number of methoxy groups -OCH3 is 2. The minimum Gasteiger partial charge on any atom is -0.495 e. The van der Waals surface area contributed by atoms with Crippen LogP contribution in [0.25, 0.3) is 10.2 Å². The molecule has 11 heteroatoms. The monoisotopic (exact) mass is 443 g/mol. The Labute approximate surface area is 174 Å². The highest BCUT2D eigenvalue weighted by Crippen LogP contribution is 2.40. The Morgan fingerprint density at radius 1 is 1.31 bits per heavy atom. The van der Waals surface area contributed by atoms with Gasteiger partial charge in [0.15, 0.2) is 5.13 Å². The van der Waals surface area contributed by atoms with Gasteiger partial charge in [-0.25, -0.2) is 13.4 Å². The Balaban J connectivity index is 1.99. The van der Waals surface area contributed by atoms with E-state index in [1.54, 1.807) is 26.4 Å². The number of hydrogen-bond donors (Lipinski definition) is 0. The fraction of sp³-hybridized carbons (Fsp3) is 0.556. The summed E-state index contributed by atoms with van der Waals surface area (Å²) in [5.41, 5.74) is 0.591. The molecule has 29 heavy (non-hydrogen) atoms. The van der Waals surface area contributed by atoms with Gasteiger partial charge in [0, 0.05) is 13.7 Å². The molecular formula is C18H25N3O6S2.